The zero-order chi connectivity index (χ0) is 25.8. The molecule has 2 atom stereocenters. The molecule has 1 aromatic heterocycles. The van der Waals surface area contributed by atoms with Crippen LogP contribution in [-0.4, -0.2) is 68.4 Å². The van der Waals surface area contributed by atoms with Gasteiger partial charge in [0.25, 0.3) is 5.91 Å². The van der Waals surface area contributed by atoms with Crippen molar-refractivity contribution < 1.29 is 32.0 Å². The van der Waals surface area contributed by atoms with E-state index in [1.54, 1.807) is 31.4 Å². The molecular weight excluding hydrogens is 474 g/mol. The summed E-state index contributed by atoms with van der Waals surface area (Å²) in [6.07, 6.45) is 1.12. The van der Waals surface area contributed by atoms with Crippen LogP contribution in [0.3, 0.4) is 0 Å². The molecule has 1 unspecified atom stereocenters. The molecule has 11 heteroatoms. The number of methoxy groups -OCH3 is 1. The van der Waals surface area contributed by atoms with Crippen LogP contribution >= 0.6 is 0 Å². The van der Waals surface area contributed by atoms with Crippen LogP contribution in [0.25, 0.3) is 11.0 Å². The van der Waals surface area contributed by atoms with Crippen molar-refractivity contribution in [1.29, 1.82) is 0 Å². The predicted molar refractivity (Wildman–Crippen MR) is 131 cm³/mol. The molecule has 2 aromatic rings. The van der Waals surface area contributed by atoms with Gasteiger partial charge in [-0.2, -0.15) is 4.31 Å². The number of carbonyl (C=O) groups excluding carboxylic acids is 3. The molecule has 0 bridgehead atoms. The number of furan rings is 1. The van der Waals surface area contributed by atoms with Crippen LogP contribution < -0.4 is 15.4 Å². The third-order valence-corrected chi connectivity index (χ3v) is 7.80. The van der Waals surface area contributed by atoms with E-state index in [2.05, 4.69) is 10.6 Å². The lowest BCUT2D eigenvalue weighted by Gasteiger charge is -2.23. The number of hydrogen-bond acceptors (Lipinski definition) is 7. The van der Waals surface area contributed by atoms with Gasteiger partial charge in [0.05, 0.1) is 25.4 Å². The van der Waals surface area contributed by atoms with Crippen LogP contribution in [0.1, 0.15) is 50.6 Å². The molecule has 35 heavy (non-hydrogen) atoms. The maximum absolute atomic E-state index is 13.1. The Balaban J connectivity index is 1.71. The molecule has 10 nitrogen and oxygen atoms in total. The topological polar surface area (TPSA) is 135 Å². The number of sulfonamides is 1. The van der Waals surface area contributed by atoms with Gasteiger partial charge >= 0.3 is 0 Å². The monoisotopic (exact) mass is 507 g/mol. The van der Waals surface area contributed by atoms with Crippen molar-refractivity contribution in [2.75, 3.05) is 26.0 Å². The maximum atomic E-state index is 13.1. The minimum absolute atomic E-state index is 0.0563. The minimum Gasteiger partial charge on any atom is -0.497 e. The van der Waals surface area contributed by atoms with E-state index in [9.17, 15) is 22.8 Å². The van der Waals surface area contributed by atoms with Gasteiger partial charge in [0.2, 0.25) is 15.9 Å². The van der Waals surface area contributed by atoms with Crippen LogP contribution in [-0.2, 0) is 19.6 Å². The first-order chi connectivity index (χ1) is 16.5. The molecule has 192 valence electrons. The molecule has 0 aliphatic carbocycles. The number of rotatable bonds is 9. The van der Waals surface area contributed by atoms with Crippen molar-refractivity contribution >= 4 is 38.6 Å². The molecule has 0 radical (unpaired) electrons. The van der Waals surface area contributed by atoms with E-state index < -0.39 is 33.9 Å². The summed E-state index contributed by atoms with van der Waals surface area (Å²) < 4.78 is 36.4. The molecule has 1 aromatic carbocycles. The summed E-state index contributed by atoms with van der Waals surface area (Å²) in [4.78, 5) is 38.7. The van der Waals surface area contributed by atoms with Gasteiger partial charge in [-0.25, -0.2) is 8.42 Å². The third-order valence-electron chi connectivity index (χ3n) is 5.97. The standard InChI is InChI=1S/C24H33N3O7S/c1-5-35(31,32)27-10-6-7-18(20(28)14-27)25-23(29)19(11-15(2)3)26-24(30)22-13-16-12-17(33-4)8-9-21(16)34-22/h8-9,12-13,15,18-19H,5-7,10-11,14H2,1-4H3,(H,25,29)(H,26,30)/t18-,19?/m0/s1. The van der Waals surface area contributed by atoms with Gasteiger partial charge in [-0.1, -0.05) is 13.8 Å². The number of carbonyl (C=O) groups is 3. The Labute approximate surface area is 205 Å². The summed E-state index contributed by atoms with van der Waals surface area (Å²) in [6, 6.07) is 5.03. The number of nitrogens with zero attached hydrogens (tertiary/aromatic N) is 1. The van der Waals surface area contributed by atoms with Crippen molar-refractivity contribution in [1.82, 2.24) is 14.9 Å². The highest BCUT2D eigenvalue weighted by molar-refractivity contribution is 7.89. The van der Waals surface area contributed by atoms with Crippen LogP contribution in [0.5, 0.6) is 5.75 Å². The van der Waals surface area contributed by atoms with Gasteiger partial charge < -0.3 is 19.8 Å². The van der Waals surface area contributed by atoms with E-state index in [0.717, 1.165) is 0 Å². The molecule has 1 aliphatic rings. The lowest BCUT2D eigenvalue weighted by Crippen LogP contribution is -2.52. The largest absolute Gasteiger partial charge is 0.497 e. The molecule has 2 amide bonds. The molecule has 1 aliphatic heterocycles. The second-order valence-corrected chi connectivity index (χ2v) is 11.3. The number of Topliss-reactive ketones (excluding diaryl/α,β-unsaturated/α-hetero) is 1. The number of hydrogen-bond donors (Lipinski definition) is 2. The Hall–Kier alpha value is -2.92. The zero-order valence-electron chi connectivity index (χ0n) is 20.5. The predicted octanol–water partition coefficient (Wildman–Crippen LogP) is 2.09. The summed E-state index contributed by atoms with van der Waals surface area (Å²) in [5.74, 6) is -0.728. The lowest BCUT2D eigenvalue weighted by molar-refractivity contribution is -0.129. The Bertz CT molecular complexity index is 1190. The van der Waals surface area contributed by atoms with Gasteiger partial charge in [-0.15, -0.1) is 0 Å². The second-order valence-electron chi connectivity index (χ2n) is 9.07. The highest BCUT2D eigenvalue weighted by atomic mass is 32.2. The number of ketones is 1. The van der Waals surface area contributed by atoms with Gasteiger partial charge in [0, 0.05) is 11.9 Å². The number of ether oxygens (including phenoxy) is 1. The van der Waals surface area contributed by atoms with Crippen molar-refractivity contribution in [3.05, 3.63) is 30.0 Å². The average molecular weight is 508 g/mol. The first-order valence-electron chi connectivity index (χ1n) is 11.7. The quantitative estimate of drug-likeness (QED) is 0.531. The smallest absolute Gasteiger partial charge is 0.287 e. The van der Waals surface area contributed by atoms with E-state index in [1.807, 2.05) is 13.8 Å². The number of fused-ring (bicyclic) bond motifs is 1. The number of amides is 2. The van der Waals surface area contributed by atoms with Gasteiger partial charge in [0.15, 0.2) is 11.5 Å². The Morgan fingerprint density at radius 1 is 1.26 bits per heavy atom. The summed E-state index contributed by atoms with van der Waals surface area (Å²) in [5.41, 5.74) is 0.511. The summed E-state index contributed by atoms with van der Waals surface area (Å²) in [5, 5.41) is 6.14. The number of nitrogens with one attached hydrogen (secondary N) is 2. The van der Waals surface area contributed by atoms with E-state index in [-0.39, 0.29) is 36.3 Å². The fourth-order valence-electron chi connectivity index (χ4n) is 4.03. The third kappa shape index (κ3) is 6.61. The molecule has 1 fully saturated rings. The first kappa shape index (κ1) is 26.7. The van der Waals surface area contributed by atoms with E-state index >= 15 is 0 Å². The van der Waals surface area contributed by atoms with E-state index in [4.69, 9.17) is 9.15 Å². The molecule has 2 heterocycles. The fraction of sp³-hybridized carbons (Fsp3) is 0.542. The molecular formula is C24H33N3O7S. The molecule has 1 saturated heterocycles. The first-order valence-corrected chi connectivity index (χ1v) is 13.3. The van der Waals surface area contributed by atoms with Gasteiger partial charge in [-0.3, -0.25) is 14.4 Å². The lowest BCUT2D eigenvalue weighted by atomic mass is 10.0. The molecule has 0 spiro atoms. The summed E-state index contributed by atoms with van der Waals surface area (Å²) in [6.45, 7) is 5.33. The molecule has 3 rings (SSSR count). The van der Waals surface area contributed by atoms with Crippen LogP contribution in [0.2, 0.25) is 0 Å². The SMILES string of the molecule is CCS(=O)(=O)N1CCC[C@H](NC(=O)C(CC(C)C)NC(=O)c2cc3cc(OC)ccc3o2)C(=O)C1. The maximum Gasteiger partial charge on any atom is 0.287 e. The Kier molecular flexibility index (Phi) is 8.55. The highest BCUT2D eigenvalue weighted by Crippen LogP contribution is 2.24. The van der Waals surface area contributed by atoms with Crippen molar-refractivity contribution in [3.63, 3.8) is 0 Å². The molecule has 0 saturated carbocycles. The van der Waals surface area contributed by atoms with Crippen molar-refractivity contribution in [2.45, 2.75) is 52.1 Å². The van der Waals surface area contributed by atoms with Crippen LogP contribution in [0, 0.1) is 5.92 Å². The average Bonchev–Trinajstić information content (AvgIpc) is 3.16. The van der Waals surface area contributed by atoms with Crippen LogP contribution in [0.15, 0.2) is 28.7 Å². The Morgan fingerprint density at radius 3 is 2.66 bits per heavy atom. The van der Waals surface area contributed by atoms with Gasteiger partial charge in [-0.05, 0) is 56.4 Å². The zero-order valence-corrected chi connectivity index (χ0v) is 21.3. The minimum atomic E-state index is -3.50. The van der Waals surface area contributed by atoms with Gasteiger partial charge in [0.1, 0.15) is 17.4 Å². The highest BCUT2D eigenvalue weighted by Gasteiger charge is 2.33. The second kappa shape index (κ2) is 11.2. The Morgan fingerprint density at radius 2 is 2.00 bits per heavy atom. The summed E-state index contributed by atoms with van der Waals surface area (Å²) >= 11 is 0. The molecule has 2 N–H and O–H groups in total. The van der Waals surface area contributed by atoms with Crippen LogP contribution in [0.4, 0.5) is 0 Å². The van der Waals surface area contributed by atoms with Crippen molar-refractivity contribution in [2.24, 2.45) is 5.92 Å². The normalized spacial score (nSPS) is 18.3. The van der Waals surface area contributed by atoms with E-state index in [0.29, 0.717) is 36.0 Å². The van der Waals surface area contributed by atoms with Crippen molar-refractivity contribution in [3.8, 4) is 5.75 Å². The van der Waals surface area contributed by atoms with E-state index in [1.165, 1.54) is 11.2 Å². The summed E-state index contributed by atoms with van der Waals surface area (Å²) in [7, 11) is -1.95. The number of benzene rings is 1. The fourth-order valence-corrected chi connectivity index (χ4v) is 5.13.